The molecule has 6 heteroatoms. The maximum atomic E-state index is 12.5. The van der Waals surface area contributed by atoms with Crippen molar-refractivity contribution in [1.29, 1.82) is 0 Å². The maximum Gasteiger partial charge on any atom is 0.339 e. The maximum absolute atomic E-state index is 12.5. The van der Waals surface area contributed by atoms with Crippen LogP contribution in [0.25, 0.3) is 10.9 Å². The number of thiophene rings is 1. The smallest absolute Gasteiger partial charge is 0.339 e. The summed E-state index contributed by atoms with van der Waals surface area (Å²) in [4.78, 5) is 31.9. The number of hydrogen-bond donors (Lipinski definition) is 0. The van der Waals surface area contributed by atoms with Crippen LogP contribution in [0.5, 0.6) is 0 Å². The molecule has 0 spiro atoms. The molecule has 0 radical (unpaired) electrons. The number of aromatic nitrogens is 1. The van der Waals surface area contributed by atoms with Gasteiger partial charge in [-0.15, -0.1) is 11.3 Å². The zero-order valence-electron chi connectivity index (χ0n) is 15.0. The summed E-state index contributed by atoms with van der Waals surface area (Å²) < 4.78 is 5.27. The number of rotatable bonds is 5. The summed E-state index contributed by atoms with van der Waals surface area (Å²) in [6.07, 6.45) is 0. The number of benzene rings is 1. The summed E-state index contributed by atoms with van der Waals surface area (Å²) in [7, 11) is 1.71. The van der Waals surface area contributed by atoms with Crippen molar-refractivity contribution in [1.82, 2.24) is 9.88 Å². The summed E-state index contributed by atoms with van der Waals surface area (Å²) in [5.74, 6) is -0.748. The van der Waals surface area contributed by atoms with Gasteiger partial charge in [0, 0.05) is 23.0 Å². The Morgan fingerprint density at radius 1 is 1.19 bits per heavy atom. The molecule has 1 aromatic carbocycles. The average Bonchev–Trinajstić information content (AvgIpc) is 3.03. The average molecular weight is 368 g/mol. The molecule has 0 bridgehead atoms. The highest BCUT2D eigenvalue weighted by atomic mass is 32.1. The Balaban J connectivity index is 1.67. The van der Waals surface area contributed by atoms with E-state index in [2.05, 4.69) is 4.98 Å². The van der Waals surface area contributed by atoms with Gasteiger partial charge in [-0.05, 0) is 43.0 Å². The van der Waals surface area contributed by atoms with Crippen LogP contribution in [0, 0.1) is 13.8 Å². The third-order valence-corrected chi connectivity index (χ3v) is 5.17. The van der Waals surface area contributed by atoms with E-state index >= 15 is 0 Å². The number of nitrogens with zero attached hydrogens (tertiary/aromatic N) is 2. The number of amides is 1. The molecule has 1 amide bonds. The highest BCUT2D eigenvalue weighted by molar-refractivity contribution is 7.10. The summed E-state index contributed by atoms with van der Waals surface area (Å²) >= 11 is 1.61. The molecule has 0 aliphatic heterocycles. The molecule has 0 unspecified atom stereocenters. The van der Waals surface area contributed by atoms with E-state index in [0.717, 1.165) is 27.0 Å². The number of pyridine rings is 1. The lowest BCUT2D eigenvalue weighted by Gasteiger charge is -2.17. The van der Waals surface area contributed by atoms with Crippen LogP contribution in [0.3, 0.4) is 0 Å². The van der Waals surface area contributed by atoms with Crippen LogP contribution < -0.4 is 0 Å². The van der Waals surface area contributed by atoms with Gasteiger partial charge in [0.25, 0.3) is 5.91 Å². The first-order valence-electron chi connectivity index (χ1n) is 8.26. The minimum absolute atomic E-state index is 0.235. The molecule has 0 aliphatic rings. The van der Waals surface area contributed by atoms with Crippen LogP contribution >= 0.6 is 11.3 Å². The van der Waals surface area contributed by atoms with Crippen LogP contribution in [0.4, 0.5) is 0 Å². The molecular formula is C20H20N2O3S. The van der Waals surface area contributed by atoms with Crippen LogP contribution in [0.1, 0.15) is 26.5 Å². The van der Waals surface area contributed by atoms with Crippen LogP contribution in [-0.2, 0) is 16.1 Å². The molecule has 2 aromatic heterocycles. The van der Waals surface area contributed by atoms with Crippen molar-refractivity contribution in [2.24, 2.45) is 0 Å². The van der Waals surface area contributed by atoms with Gasteiger partial charge in [0.15, 0.2) is 6.61 Å². The molecule has 3 aromatic rings. The molecular weight excluding hydrogens is 348 g/mol. The number of aryl methyl sites for hydroxylation is 2. The number of carbonyl (C=O) groups excluding carboxylic acids is 2. The van der Waals surface area contributed by atoms with Gasteiger partial charge < -0.3 is 9.64 Å². The van der Waals surface area contributed by atoms with Crippen molar-refractivity contribution in [3.05, 3.63) is 63.5 Å². The number of para-hydroxylation sites is 1. The zero-order valence-corrected chi connectivity index (χ0v) is 15.8. The molecule has 0 N–H and O–H groups in total. The highest BCUT2D eigenvalue weighted by Gasteiger charge is 2.17. The summed E-state index contributed by atoms with van der Waals surface area (Å²) in [6, 6.07) is 11.1. The van der Waals surface area contributed by atoms with Gasteiger partial charge in [0.1, 0.15) is 0 Å². The van der Waals surface area contributed by atoms with Crippen molar-refractivity contribution in [2.45, 2.75) is 20.4 Å². The minimum atomic E-state index is -0.513. The van der Waals surface area contributed by atoms with Crippen LogP contribution in [-0.4, -0.2) is 35.4 Å². The number of carbonyl (C=O) groups is 2. The Labute approximate surface area is 156 Å². The van der Waals surface area contributed by atoms with Gasteiger partial charge >= 0.3 is 5.97 Å². The lowest BCUT2D eigenvalue weighted by atomic mass is 10.1. The van der Waals surface area contributed by atoms with E-state index in [0.29, 0.717) is 12.1 Å². The van der Waals surface area contributed by atoms with Gasteiger partial charge in [-0.25, -0.2) is 4.79 Å². The topological polar surface area (TPSA) is 59.5 Å². The van der Waals surface area contributed by atoms with Gasteiger partial charge in [-0.1, -0.05) is 18.2 Å². The number of esters is 1. The fourth-order valence-corrected chi connectivity index (χ4v) is 3.62. The number of ether oxygens (including phenoxy) is 1. The Morgan fingerprint density at radius 2 is 1.96 bits per heavy atom. The second-order valence-corrected chi connectivity index (χ2v) is 7.18. The van der Waals surface area contributed by atoms with E-state index in [-0.39, 0.29) is 12.5 Å². The highest BCUT2D eigenvalue weighted by Crippen LogP contribution is 2.20. The summed E-state index contributed by atoms with van der Waals surface area (Å²) in [6.45, 7) is 4.07. The van der Waals surface area contributed by atoms with Gasteiger partial charge in [-0.2, -0.15) is 0 Å². The van der Waals surface area contributed by atoms with Gasteiger partial charge in [-0.3, -0.25) is 9.78 Å². The van der Waals surface area contributed by atoms with Crippen molar-refractivity contribution >= 4 is 34.1 Å². The molecule has 0 fully saturated rings. The lowest BCUT2D eigenvalue weighted by molar-refractivity contribution is -0.133. The normalized spacial score (nSPS) is 10.7. The molecule has 134 valence electrons. The van der Waals surface area contributed by atoms with Crippen LogP contribution in [0.15, 0.2) is 41.8 Å². The molecule has 26 heavy (non-hydrogen) atoms. The summed E-state index contributed by atoms with van der Waals surface area (Å²) in [5.41, 5.74) is 3.05. The van der Waals surface area contributed by atoms with E-state index in [1.807, 2.05) is 49.6 Å². The fourth-order valence-electron chi connectivity index (χ4n) is 2.66. The molecule has 0 saturated carbocycles. The van der Waals surface area contributed by atoms with Gasteiger partial charge in [0.2, 0.25) is 0 Å². The van der Waals surface area contributed by atoms with Crippen molar-refractivity contribution in [2.75, 3.05) is 13.7 Å². The van der Waals surface area contributed by atoms with Crippen LogP contribution in [0.2, 0.25) is 0 Å². The predicted molar refractivity (Wildman–Crippen MR) is 102 cm³/mol. The van der Waals surface area contributed by atoms with E-state index in [1.165, 1.54) is 0 Å². The molecule has 5 nitrogen and oxygen atoms in total. The predicted octanol–water partition coefficient (Wildman–Crippen LogP) is 3.73. The standard InChI is InChI=1S/C20H20N2O3S/c1-13-8-9-26-18(13)11-22(3)19(23)12-25-20(24)16-10-14(2)21-17-7-5-4-6-15(16)17/h4-10H,11-12H2,1-3H3. The second-order valence-electron chi connectivity index (χ2n) is 6.18. The quantitative estimate of drug-likeness (QED) is 0.644. The summed E-state index contributed by atoms with van der Waals surface area (Å²) in [5, 5.41) is 2.72. The van der Waals surface area contributed by atoms with Gasteiger partial charge in [0.05, 0.1) is 17.6 Å². The van der Waals surface area contributed by atoms with E-state index in [1.54, 1.807) is 29.4 Å². The molecule has 2 heterocycles. The Bertz CT molecular complexity index is 965. The van der Waals surface area contributed by atoms with E-state index in [4.69, 9.17) is 4.74 Å². The first-order chi connectivity index (χ1) is 12.5. The number of fused-ring (bicyclic) bond motifs is 1. The fraction of sp³-hybridized carbons (Fsp3) is 0.250. The number of likely N-dealkylation sites (N-methyl/N-ethyl adjacent to an activating group) is 1. The minimum Gasteiger partial charge on any atom is -0.452 e. The molecule has 0 atom stereocenters. The first kappa shape index (κ1) is 18.1. The Hall–Kier alpha value is -2.73. The van der Waals surface area contributed by atoms with Crippen molar-refractivity contribution in [3.63, 3.8) is 0 Å². The Kier molecular flexibility index (Phi) is 5.32. The molecule has 0 aliphatic carbocycles. The lowest BCUT2D eigenvalue weighted by Crippen LogP contribution is -2.30. The number of hydrogen-bond acceptors (Lipinski definition) is 5. The van der Waals surface area contributed by atoms with Crippen molar-refractivity contribution in [3.8, 4) is 0 Å². The second kappa shape index (κ2) is 7.66. The monoisotopic (exact) mass is 368 g/mol. The third kappa shape index (κ3) is 3.91. The first-order valence-corrected chi connectivity index (χ1v) is 9.14. The Morgan fingerprint density at radius 3 is 2.69 bits per heavy atom. The third-order valence-electron chi connectivity index (χ3n) is 4.17. The van der Waals surface area contributed by atoms with Crippen molar-refractivity contribution < 1.29 is 14.3 Å². The largest absolute Gasteiger partial charge is 0.452 e. The van der Waals surface area contributed by atoms with E-state index in [9.17, 15) is 9.59 Å². The molecule has 0 saturated heterocycles. The zero-order chi connectivity index (χ0) is 18.7. The SMILES string of the molecule is Cc1cc(C(=O)OCC(=O)N(C)Cc2sccc2C)c2ccccc2n1. The van der Waals surface area contributed by atoms with E-state index < -0.39 is 5.97 Å². The molecule has 3 rings (SSSR count).